The van der Waals surface area contributed by atoms with E-state index in [2.05, 4.69) is 17.4 Å². The molecule has 4 nitrogen and oxygen atoms in total. The maximum atomic E-state index is 12.6. The van der Waals surface area contributed by atoms with Crippen molar-refractivity contribution in [1.82, 2.24) is 5.32 Å². The fourth-order valence-electron chi connectivity index (χ4n) is 3.40. The molecule has 0 atom stereocenters. The van der Waals surface area contributed by atoms with Gasteiger partial charge in [0.15, 0.2) is 0 Å². The van der Waals surface area contributed by atoms with E-state index in [9.17, 15) is 4.79 Å². The Bertz CT molecular complexity index is 1210. The Morgan fingerprint density at radius 1 is 0.935 bits per heavy atom. The molecule has 5 heteroatoms. The molecular weight excluding hydrogens is 406 g/mol. The third-order valence-electron chi connectivity index (χ3n) is 5.01. The molecule has 0 spiro atoms. The molecule has 0 saturated heterocycles. The molecule has 4 aromatic rings. The summed E-state index contributed by atoms with van der Waals surface area (Å²) in [6.07, 6.45) is 1.90. The van der Waals surface area contributed by atoms with Gasteiger partial charge in [-0.15, -0.1) is 11.3 Å². The highest BCUT2D eigenvalue weighted by Crippen LogP contribution is 2.40. The Labute approximate surface area is 185 Å². The zero-order valence-corrected chi connectivity index (χ0v) is 18.2. The number of nitrogens with one attached hydrogen (secondary N) is 1. The first-order valence-electron chi connectivity index (χ1n) is 9.93. The number of thiophene rings is 1. The van der Waals surface area contributed by atoms with Gasteiger partial charge in [0, 0.05) is 27.1 Å². The first-order chi connectivity index (χ1) is 15.2. The average Bonchev–Trinajstić information content (AvgIpc) is 3.20. The molecule has 0 aliphatic carbocycles. The van der Waals surface area contributed by atoms with Gasteiger partial charge in [0.05, 0.1) is 14.2 Å². The molecule has 1 N–H and O–H groups in total. The van der Waals surface area contributed by atoms with Gasteiger partial charge < -0.3 is 14.8 Å². The summed E-state index contributed by atoms with van der Waals surface area (Å²) in [6.45, 7) is 0.529. The Kier molecular flexibility index (Phi) is 6.34. The number of hydrogen-bond acceptors (Lipinski definition) is 5. The molecule has 3 aromatic carbocycles. The van der Waals surface area contributed by atoms with Crippen LogP contribution in [0.25, 0.3) is 26.6 Å². The van der Waals surface area contributed by atoms with Crippen LogP contribution in [0.4, 0.5) is 0 Å². The van der Waals surface area contributed by atoms with Crippen LogP contribution in [0.3, 0.4) is 0 Å². The predicted molar refractivity (Wildman–Crippen MR) is 127 cm³/mol. The second kappa shape index (κ2) is 9.49. The molecule has 1 aromatic heterocycles. The fraction of sp³-hybridized carbons (Fsp3) is 0.115. The van der Waals surface area contributed by atoms with Gasteiger partial charge in [0.25, 0.3) is 0 Å². The van der Waals surface area contributed by atoms with Crippen molar-refractivity contribution < 1.29 is 14.3 Å². The van der Waals surface area contributed by atoms with Crippen LogP contribution in [0.5, 0.6) is 5.75 Å². The maximum absolute atomic E-state index is 12.6. The molecule has 0 amide bonds. The Morgan fingerprint density at radius 2 is 1.65 bits per heavy atom. The lowest BCUT2D eigenvalue weighted by atomic mass is 10.0. The maximum Gasteiger partial charge on any atom is 0.354 e. The second-order valence-corrected chi connectivity index (χ2v) is 8.01. The topological polar surface area (TPSA) is 47.6 Å². The molecule has 0 radical (unpaired) electrons. The standard InChI is InChI=1S/C26H23NO3S/c1-29-20-14-12-19(13-15-20)25-22(21-10-6-7-11-24(21)31-25)16-23(26(28)30-2)27-17-18-8-4-3-5-9-18/h3-16,27H,17H2,1-2H3/b23-16+. The Morgan fingerprint density at radius 3 is 2.35 bits per heavy atom. The van der Waals surface area contributed by atoms with E-state index in [1.165, 1.54) is 7.11 Å². The van der Waals surface area contributed by atoms with E-state index >= 15 is 0 Å². The average molecular weight is 430 g/mol. The number of benzene rings is 3. The highest BCUT2D eigenvalue weighted by Gasteiger charge is 2.16. The lowest BCUT2D eigenvalue weighted by Crippen LogP contribution is -2.21. The molecular formula is C26H23NO3S. The molecule has 0 bridgehead atoms. The van der Waals surface area contributed by atoms with Crippen molar-refractivity contribution in [3.05, 3.63) is 95.7 Å². The normalized spacial score (nSPS) is 11.4. The molecule has 0 aliphatic rings. The van der Waals surface area contributed by atoms with Crippen LogP contribution < -0.4 is 10.1 Å². The Hall–Kier alpha value is -3.57. The number of methoxy groups -OCH3 is 2. The van der Waals surface area contributed by atoms with Crippen molar-refractivity contribution in [3.63, 3.8) is 0 Å². The third-order valence-corrected chi connectivity index (χ3v) is 6.24. The number of rotatable bonds is 7. The highest BCUT2D eigenvalue weighted by atomic mass is 32.1. The minimum Gasteiger partial charge on any atom is -0.497 e. The van der Waals surface area contributed by atoms with Crippen LogP contribution in [-0.4, -0.2) is 20.2 Å². The van der Waals surface area contributed by atoms with Crippen molar-refractivity contribution in [2.24, 2.45) is 0 Å². The van der Waals surface area contributed by atoms with Crippen LogP contribution in [0, 0.1) is 0 Å². The van der Waals surface area contributed by atoms with E-state index in [4.69, 9.17) is 9.47 Å². The highest BCUT2D eigenvalue weighted by molar-refractivity contribution is 7.22. The Balaban J connectivity index is 1.79. The van der Waals surface area contributed by atoms with Crippen molar-refractivity contribution in [2.45, 2.75) is 6.54 Å². The largest absolute Gasteiger partial charge is 0.497 e. The van der Waals surface area contributed by atoms with Gasteiger partial charge in [-0.1, -0.05) is 48.5 Å². The van der Waals surface area contributed by atoms with E-state index < -0.39 is 5.97 Å². The summed E-state index contributed by atoms with van der Waals surface area (Å²) in [5.41, 5.74) is 3.57. The fourth-order valence-corrected chi connectivity index (χ4v) is 4.58. The molecule has 4 rings (SSSR count). The lowest BCUT2D eigenvalue weighted by Gasteiger charge is -2.10. The van der Waals surface area contributed by atoms with Gasteiger partial charge in [-0.2, -0.15) is 0 Å². The van der Waals surface area contributed by atoms with Crippen LogP contribution in [-0.2, 0) is 16.1 Å². The smallest absolute Gasteiger partial charge is 0.354 e. The molecule has 156 valence electrons. The van der Waals surface area contributed by atoms with Crippen molar-refractivity contribution >= 4 is 33.5 Å². The van der Waals surface area contributed by atoms with Crippen molar-refractivity contribution in [2.75, 3.05) is 14.2 Å². The number of carbonyl (C=O) groups excluding carboxylic acids is 1. The minimum absolute atomic E-state index is 0.396. The van der Waals surface area contributed by atoms with Crippen LogP contribution in [0.15, 0.2) is 84.6 Å². The summed E-state index contributed by atoms with van der Waals surface area (Å²) in [6, 6.07) is 26.2. The van der Waals surface area contributed by atoms with Crippen molar-refractivity contribution in [3.8, 4) is 16.2 Å². The number of esters is 1. The first-order valence-corrected chi connectivity index (χ1v) is 10.7. The van der Waals surface area contributed by atoms with Gasteiger partial charge in [0.2, 0.25) is 0 Å². The van der Waals surface area contributed by atoms with Gasteiger partial charge >= 0.3 is 5.97 Å². The number of carbonyl (C=O) groups is 1. The van der Waals surface area contributed by atoms with E-state index in [-0.39, 0.29) is 0 Å². The van der Waals surface area contributed by atoms with E-state index in [1.807, 2.05) is 72.8 Å². The van der Waals surface area contributed by atoms with Crippen molar-refractivity contribution in [1.29, 1.82) is 0 Å². The van der Waals surface area contributed by atoms with Crippen LogP contribution in [0.1, 0.15) is 11.1 Å². The third kappa shape index (κ3) is 4.62. The SMILES string of the molecule is COC(=O)/C(=C\c1c(-c2ccc(OC)cc2)sc2ccccc12)NCc1ccccc1. The lowest BCUT2D eigenvalue weighted by molar-refractivity contribution is -0.136. The minimum atomic E-state index is -0.396. The molecule has 1 heterocycles. The van der Waals surface area contributed by atoms with E-state index in [0.717, 1.165) is 37.4 Å². The van der Waals surface area contributed by atoms with Gasteiger partial charge in [0.1, 0.15) is 11.4 Å². The van der Waals surface area contributed by atoms with Crippen LogP contribution >= 0.6 is 11.3 Å². The van der Waals surface area contributed by atoms with Crippen LogP contribution in [0.2, 0.25) is 0 Å². The quantitative estimate of drug-likeness (QED) is 0.294. The zero-order valence-electron chi connectivity index (χ0n) is 17.4. The summed E-state index contributed by atoms with van der Waals surface area (Å²) in [5, 5.41) is 4.36. The molecule has 0 unspecified atom stereocenters. The molecule has 0 aliphatic heterocycles. The number of fused-ring (bicyclic) bond motifs is 1. The van der Waals surface area contributed by atoms with E-state index in [0.29, 0.717) is 12.2 Å². The summed E-state index contributed by atoms with van der Waals surface area (Å²) in [5.74, 6) is 0.411. The summed E-state index contributed by atoms with van der Waals surface area (Å²) in [7, 11) is 3.06. The number of ether oxygens (including phenoxy) is 2. The van der Waals surface area contributed by atoms with E-state index in [1.54, 1.807) is 18.4 Å². The molecule has 31 heavy (non-hydrogen) atoms. The first kappa shape index (κ1) is 20.7. The zero-order chi connectivity index (χ0) is 21.6. The van der Waals surface area contributed by atoms with Gasteiger partial charge in [-0.3, -0.25) is 0 Å². The van der Waals surface area contributed by atoms with Gasteiger partial charge in [-0.25, -0.2) is 4.79 Å². The monoisotopic (exact) mass is 429 g/mol. The summed E-state index contributed by atoms with van der Waals surface area (Å²) in [4.78, 5) is 13.7. The summed E-state index contributed by atoms with van der Waals surface area (Å²) >= 11 is 1.70. The second-order valence-electron chi connectivity index (χ2n) is 6.96. The molecule has 0 fully saturated rings. The van der Waals surface area contributed by atoms with Gasteiger partial charge in [-0.05, 0) is 47.5 Å². The number of hydrogen-bond donors (Lipinski definition) is 1. The molecule has 0 saturated carbocycles. The summed E-state index contributed by atoms with van der Waals surface area (Å²) < 4.78 is 11.5. The predicted octanol–water partition coefficient (Wildman–Crippen LogP) is 5.88.